The summed E-state index contributed by atoms with van der Waals surface area (Å²) in [5, 5.41) is 3.86. The first kappa shape index (κ1) is 20.7. The van der Waals surface area contributed by atoms with Gasteiger partial charge in [-0.15, -0.1) is 0 Å². The van der Waals surface area contributed by atoms with Gasteiger partial charge in [-0.3, -0.25) is 14.2 Å². The van der Waals surface area contributed by atoms with Gasteiger partial charge in [0.2, 0.25) is 5.91 Å². The molecule has 1 heterocycles. The summed E-state index contributed by atoms with van der Waals surface area (Å²) >= 11 is 1.23. The zero-order chi connectivity index (χ0) is 21.8. The number of aromatic nitrogens is 2. The van der Waals surface area contributed by atoms with Crippen molar-refractivity contribution >= 4 is 34.3 Å². The van der Waals surface area contributed by atoms with Gasteiger partial charge in [-0.2, -0.15) is 0 Å². The molecule has 1 amide bonds. The van der Waals surface area contributed by atoms with Gasteiger partial charge in [-0.25, -0.2) is 4.98 Å². The van der Waals surface area contributed by atoms with Gasteiger partial charge in [-0.1, -0.05) is 48.2 Å². The highest BCUT2D eigenvalue weighted by Crippen LogP contribution is 2.24. The molecule has 1 N–H and O–H groups in total. The molecule has 4 aromatic rings. The van der Waals surface area contributed by atoms with Crippen LogP contribution in [0.3, 0.4) is 0 Å². The molecule has 0 fully saturated rings. The average Bonchev–Trinajstić information content (AvgIpc) is 2.79. The van der Waals surface area contributed by atoms with Crippen LogP contribution in [0.1, 0.15) is 5.56 Å². The van der Waals surface area contributed by atoms with E-state index in [2.05, 4.69) is 10.3 Å². The van der Waals surface area contributed by atoms with Crippen LogP contribution in [0.15, 0.2) is 82.7 Å². The molecule has 31 heavy (non-hydrogen) atoms. The molecule has 0 radical (unpaired) electrons. The van der Waals surface area contributed by atoms with Crippen molar-refractivity contribution in [1.29, 1.82) is 0 Å². The number of benzene rings is 3. The minimum atomic E-state index is -0.197. The monoisotopic (exact) mass is 431 g/mol. The Balaban J connectivity index is 1.66. The number of amides is 1. The van der Waals surface area contributed by atoms with Crippen molar-refractivity contribution < 1.29 is 9.53 Å². The maximum atomic E-state index is 13.3. The van der Waals surface area contributed by atoms with Gasteiger partial charge in [0, 0.05) is 11.8 Å². The van der Waals surface area contributed by atoms with E-state index in [0.29, 0.717) is 27.5 Å². The van der Waals surface area contributed by atoms with Crippen LogP contribution in [0.2, 0.25) is 0 Å². The number of fused-ring (bicyclic) bond motifs is 1. The van der Waals surface area contributed by atoms with Crippen molar-refractivity contribution in [3.8, 4) is 11.4 Å². The molecule has 0 atom stereocenters. The lowest BCUT2D eigenvalue weighted by atomic mass is 10.2. The molecule has 4 rings (SSSR count). The van der Waals surface area contributed by atoms with Crippen LogP contribution in [-0.2, 0) is 4.79 Å². The summed E-state index contributed by atoms with van der Waals surface area (Å²) in [4.78, 5) is 30.5. The van der Waals surface area contributed by atoms with E-state index in [4.69, 9.17) is 4.74 Å². The third-order valence-corrected chi connectivity index (χ3v) is 5.73. The number of methoxy groups -OCH3 is 1. The molecule has 0 bridgehead atoms. The fourth-order valence-electron chi connectivity index (χ4n) is 3.26. The number of nitrogens with zero attached hydrogens (tertiary/aromatic N) is 2. The Morgan fingerprint density at radius 1 is 1.06 bits per heavy atom. The van der Waals surface area contributed by atoms with Crippen molar-refractivity contribution in [2.24, 2.45) is 0 Å². The molecule has 0 aliphatic carbocycles. The van der Waals surface area contributed by atoms with Crippen molar-refractivity contribution in [2.75, 3.05) is 18.2 Å². The Morgan fingerprint density at radius 3 is 2.65 bits per heavy atom. The summed E-state index contributed by atoms with van der Waals surface area (Å²) in [5.41, 5.74) is 2.79. The van der Waals surface area contributed by atoms with Gasteiger partial charge in [0.25, 0.3) is 5.56 Å². The Bertz CT molecular complexity index is 1320. The topological polar surface area (TPSA) is 73.2 Å². The van der Waals surface area contributed by atoms with Crippen molar-refractivity contribution in [3.63, 3.8) is 0 Å². The lowest BCUT2D eigenvalue weighted by Gasteiger charge is -2.15. The number of rotatable bonds is 6. The van der Waals surface area contributed by atoms with Crippen LogP contribution in [0.4, 0.5) is 5.69 Å². The van der Waals surface area contributed by atoms with Crippen LogP contribution in [-0.4, -0.2) is 28.3 Å². The third-order valence-electron chi connectivity index (χ3n) is 4.79. The molecule has 6 nitrogen and oxygen atoms in total. The molecule has 1 aromatic heterocycles. The zero-order valence-electron chi connectivity index (χ0n) is 17.2. The first-order valence-electron chi connectivity index (χ1n) is 9.71. The van der Waals surface area contributed by atoms with Crippen LogP contribution < -0.4 is 15.6 Å². The number of ether oxygens (including phenoxy) is 1. The quantitative estimate of drug-likeness (QED) is 0.361. The van der Waals surface area contributed by atoms with E-state index >= 15 is 0 Å². The number of para-hydroxylation sites is 2. The van der Waals surface area contributed by atoms with Gasteiger partial charge in [0.05, 0.1) is 29.5 Å². The van der Waals surface area contributed by atoms with Gasteiger partial charge >= 0.3 is 0 Å². The Hall–Kier alpha value is -3.58. The number of hydrogen-bond donors (Lipinski definition) is 1. The number of nitrogens with one attached hydrogen (secondary N) is 1. The molecule has 3 aromatic carbocycles. The van der Waals surface area contributed by atoms with Crippen molar-refractivity contribution in [2.45, 2.75) is 12.1 Å². The van der Waals surface area contributed by atoms with E-state index in [-0.39, 0.29) is 17.2 Å². The summed E-state index contributed by atoms with van der Waals surface area (Å²) in [7, 11) is 1.58. The van der Waals surface area contributed by atoms with E-state index < -0.39 is 0 Å². The standard InChI is InChI=1S/C24H21N3O3S/c1-16-8-3-6-13-21(16)27-23(29)19-11-4-5-12-20(19)26-24(27)31-15-22(28)25-17-9-7-10-18(14-17)30-2/h3-14H,15H2,1-2H3,(H,25,28). The van der Waals surface area contributed by atoms with Gasteiger partial charge in [-0.05, 0) is 42.8 Å². The molecule has 156 valence electrons. The molecule has 0 saturated heterocycles. The number of anilines is 1. The highest BCUT2D eigenvalue weighted by Gasteiger charge is 2.16. The molecule has 0 spiro atoms. The zero-order valence-corrected chi connectivity index (χ0v) is 18.0. The maximum absolute atomic E-state index is 13.3. The normalized spacial score (nSPS) is 10.8. The number of hydrogen-bond acceptors (Lipinski definition) is 5. The first-order chi connectivity index (χ1) is 15.1. The molecule has 0 aliphatic rings. The second-order valence-electron chi connectivity index (χ2n) is 6.91. The summed E-state index contributed by atoms with van der Waals surface area (Å²) in [6, 6.07) is 22.0. The molecule has 0 saturated carbocycles. The largest absolute Gasteiger partial charge is 0.497 e. The molecule has 0 unspecified atom stereocenters. The van der Waals surface area contributed by atoms with E-state index in [1.54, 1.807) is 35.9 Å². The Labute approximate surface area is 183 Å². The molecular weight excluding hydrogens is 410 g/mol. The second-order valence-corrected chi connectivity index (χ2v) is 7.85. The molecular formula is C24H21N3O3S. The lowest BCUT2D eigenvalue weighted by Crippen LogP contribution is -2.23. The third kappa shape index (κ3) is 4.46. The fourth-order valence-corrected chi connectivity index (χ4v) is 4.07. The predicted octanol–water partition coefficient (Wildman–Crippen LogP) is 4.43. The number of carbonyl (C=O) groups excluding carboxylic acids is 1. The number of aryl methyl sites for hydroxylation is 1. The minimum Gasteiger partial charge on any atom is -0.497 e. The predicted molar refractivity (Wildman–Crippen MR) is 124 cm³/mol. The molecule has 7 heteroatoms. The first-order valence-corrected chi connectivity index (χ1v) is 10.7. The lowest BCUT2D eigenvalue weighted by molar-refractivity contribution is -0.113. The minimum absolute atomic E-state index is 0.105. The second kappa shape index (κ2) is 9.06. The van der Waals surface area contributed by atoms with Crippen LogP contribution in [0, 0.1) is 6.92 Å². The smallest absolute Gasteiger partial charge is 0.266 e. The fraction of sp³-hybridized carbons (Fsp3) is 0.125. The Kier molecular flexibility index (Phi) is 6.04. The molecule has 0 aliphatic heterocycles. The number of carbonyl (C=O) groups is 1. The SMILES string of the molecule is COc1cccc(NC(=O)CSc2nc3ccccc3c(=O)n2-c2ccccc2C)c1. The van der Waals surface area contributed by atoms with Crippen LogP contribution >= 0.6 is 11.8 Å². The average molecular weight is 432 g/mol. The van der Waals surface area contributed by atoms with E-state index in [9.17, 15) is 9.59 Å². The summed E-state index contributed by atoms with van der Waals surface area (Å²) in [6.45, 7) is 1.95. The van der Waals surface area contributed by atoms with Crippen LogP contribution in [0.5, 0.6) is 5.75 Å². The van der Waals surface area contributed by atoms with Gasteiger partial charge in [0.1, 0.15) is 5.75 Å². The summed E-state index contributed by atoms with van der Waals surface area (Å²) in [6.07, 6.45) is 0. The van der Waals surface area contributed by atoms with E-state index in [1.165, 1.54) is 11.8 Å². The maximum Gasteiger partial charge on any atom is 0.266 e. The Morgan fingerprint density at radius 2 is 1.84 bits per heavy atom. The summed E-state index contributed by atoms with van der Waals surface area (Å²) < 4.78 is 6.78. The van der Waals surface area contributed by atoms with E-state index in [0.717, 1.165) is 11.3 Å². The number of thioether (sulfide) groups is 1. The van der Waals surface area contributed by atoms with Crippen LogP contribution in [0.25, 0.3) is 16.6 Å². The van der Waals surface area contributed by atoms with Crippen molar-refractivity contribution in [1.82, 2.24) is 9.55 Å². The van der Waals surface area contributed by atoms with Gasteiger partial charge in [0.15, 0.2) is 5.16 Å². The summed E-state index contributed by atoms with van der Waals surface area (Å²) in [5.74, 6) is 0.570. The van der Waals surface area contributed by atoms with E-state index in [1.807, 2.05) is 55.5 Å². The highest BCUT2D eigenvalue weighted by atomic mass is 32.2. The highest BCUT2D eigenvalue weighted by molar-refractivity contribution is 7.99. The van der Waals surface area contributed by atoms with Gasteiger partial charge < -0.3 is 10.1 Å². The van der Waals surface area contributed by atoms with Crippen molar-refractivity contribution in [3.05, 3.63) is 88.7 Å².